The number of benzene rings is 2. The molecule has 1 N–H and O–H groups in total. The van der Waals surface area contributed by atoms with E-state index in [1.54, 1.807) is 6.07 Å². The first-order valence-electron chi connectivity index (χ1n) is 5.71. The van der Waals surface area contributed by atoms with Crippen molar-refractivity contribution in [2.24, 2.45) is 0 Å². The van der Waals surface area contributed by atoms with E-state index >= 15 is 0 Å². The normalized spacial score (nSPS) is 11.3. The molecule has 0 saturated carbocycles. The van der Waals surface area contributed by atoms with Crippen LogP contribution in [0.25, 0.3) is 0 Å². The average molecular weight is 334 g/mol. The van der Waals surface area contributed by atoms with Crippen LogP contribution in [0.3, 0.4) is 0 Å². The number of carbonyl (C=O) groups is 1. The van der Waals surface area contributed by atoms with Gasteiger partial charge in [-0.25, -0.2) is 0 Å². The molecule has 0 radical (unpaired) electrons. The third-order valence-electron chi connectivity index (χ3n) is 2.67. The second kappa shape index (κ2) is 5.95. The molecule has 0 spiro atoms. The minimum absolute atomic E-state index is 0.0866. The SMILES string of the molecule is O=C(Nc1ccc(C(F)(F)F)cc1)c1cccc(Cl)c1Cl. The van der Waals surface area contributed by atoms with Crippen molar-refractivity contribution in [1.82, 2.24) is 0 Å². The van der Waals surface area contributed by atoms with Crippen LogP contribution in [0.4, 0.5) is 18.9 Å². The molecule has 2 aromatic carbocycles. The predicted octanol–water partition coefficient (Wildman–Crippen LogP) is 5.26. The summed E-state index contributed by atoms with van der Waals surface area (Å²) in [5, 5.41) is 2.76. The smallest absolute Gasteiger partial charge is 0.322 e. The van der Waals surface area contributed by atoms with E-state index in [1.165, 1.54) is 24.3 Å². The highest BCUT2D eigenvalue weighted by Crippen LogP contribution is 2.30. The molecule has 0 atom stereocenters. The summed E-state index contributed by atoms with van der Waals surface area (Å²) in [6.45, 7) is 0. The van der Waals surface area contributed by atoms with Crippen LogP contribution in [-0.2, 0) is 6.18 Å². The molecule has 0 saturated heterocycles. The van der Waals surface area contributed by atoms with Crippen LogP contribution in [-0.4, -0.2) is 5.91 Å². The lowest BCUT2D eigenvalue weighted by Crippen LogP contribution is -2.13. The van der Waals surface area contributed by atoms with Crippen LogP contribution < -0.4 is 5.32 Å². The fourth-order valence-corrected chi connectivity index (χ4v) is 2.01. The van der Waals surface area contributed by atoms with Crippen LogP contribution in [0.2, 0.25) is 10.0 Å². The number of rotatable bonds is 2. The van der Waals surface area contributed by atoms with Gasteiger partial charge in [-0.05, 0) is 36.4 Å². The summed E-state index contributed by atoms with van der Waals surface area (Å²) in [5.41, 5.74) is -0.422. The molecule has 0 aliphatic rings. The van der Waals surface area contributed by atoms with Crippen LogP contribution >= 0.6 is 23.2 Å². The van der Waals surface area contributed by atoms with Crippen molar-refractivity contribution in [2.75, 3.05) is 5.32 Å². The highest BCUT2D eigenvalue weighted by atomic mass is 35.5. The number of hydrogen-bond donors (Lipinski definition) is 1. The first-order valence-corrected chi connectivity index (χ1v) is 6.47. The number of halogens is 5. The Morgan fingerprint density at radius 3 is 2.19 bits per heavy atom. The van der Waals surface area contributed by atoms with Crippen LogP contribution in [0, 0.1) is 0 Å². The molecule has 0 bridgehead atoms. The molecular formula is C14H8Cl2F3NO. The highest BCUT2D eigenvalue weighted by Gasteiger charge is 2.30. The van der Waals surface area contributed by atoms with Crippen molar-refractivity contribution >= 4 is 34.8 Å². The van der Waals surface area contributed by atoms with E-state index in [2.05, 4.69) is 5.32 Å². The molecule has 2 rings (SSSR count). The Bertz CT molecular complexity index is 669. The zero-order chi connectivity index (χ0) is 15.6. The molecule has 0 aliphatic carbocycles. The predicted molar refractivity (Wildman–Crippen MR) is 75.9 cm³/mol. The molecule has 21 heavy (non-hydrogen) atoms. The Kier molecular flexibility index (Phi) is 4.44. The molecule has 110 valence electrons. The van der Waals surface area contributed by atoms with Gasteiger partial charge < -0.3 is 5.32 Å². The fraction of sp³-hybridized carbons (Fsp3) is 0.0714. The molecule has 0 aliphatic heterocycles. The third kappa shape index (κ3) is 3.68. The first-order chi connectivity index (χ1) is 9.79. The summed E-state index contributed by atoms with van der Waals surface area (Å²) in [5.74, 6) is -0.553. The van der Waals surface area contributed by atoms with Crippen molar-refractivity contribution in [3.63, 3.8) is 0 Å². The Morgan fingerprint density at radius 2 is 1.62 bits per heavy atom. The molecule has 2 aromatic rings. The number of anilines is 1. The maximum absolute atomic E-state index is 12.4. The standard InChI is InChI=1S/C14H8Cl2F3NO/c15-11-3-1-2-10(12(11)16)13(21)20-9-6-4-8(5-7-9)14(17,18)19/h1-7H,(H,20,21). The van der Waals surface area contributed by atoms with Crippen LogP contribution in [0.1, 0.15) is 15.9 Å². The van der Waals surface area contributed by atoms with Crippen molar-refractivity contribution in [3.8, 4) is 0 Å². The Labute approximate surface area is 128 Å². The van der Waals surface area contributed by atoms with Gasteiger partial charge in [0.15, 0.2) is 0 Å². The van der Waals surface area contributed by atoms with E-state index in [4.69, 9.17) is 23.2 Å². The van der Waals surface area contributed by atoms with E-state index in [-0.39, 0.29) is 21.3 Å². The molecule has 0 aromatic heterocycles. The second-order valence-corrected chi connectivity index (χ2v) is 4.92. The zero-order valence-electron chi connectivity index (χ0n) is 10.3. The minimum atomic E-state index is -4.42. The van der Waals surface area contributed by atoms with E-state index in [9.17, 15) is 18.0 Å². The number of nitrogens with one attached hydrogen (secondary N) is 1. The molecule has 1 amide bonds. The Morgan fingerprint density at radius 1 is 1.00 bits per heavy atom. The topological polar surface area (TPSA) is 29.1 Å². The number of hydrogen-bond acceptors (Lipinski definition) is 1. The summed E-state index contributed by atoms with van der Waals surface area (Å²) >= 11 is 11.7. The lowest BCUT2D eigenvalue weighted by atomic mass is 10.1. The van der Waals surface area contributed by atoms with Gasteiger partial charge in [0.2, 0.25) is 0 Å². The Balaban J connectivity index is 2.18. The molecule has 0 heterocycles. The number of carbonyl (C=O) groups excluding carboxylic acids is 1. The number of alkyl halides is 3. The fourth-order valence-electron chi connectivity index (χ4n) is 1.62. The first kappa shape index (κ1) is 15.7. The highest BCUT2D eigenvalue weighted by molar-refractivity contribution is 6.44. The summed E-state index contributed by atoms with van der Waals surface area (Å²) in [6, 6.07) is 8.64. The van der Waals surface area contributed by atoms with Gasteiger partial charge in [-0.15, -0.1) is 0 Å². The van der Waals surface area contributed by atoms with Crippen molar-refractivity contribution < 1.29 is 18.0 Å². The van der Waals surface area contributed by atoms with Crippen molar-refractivity contribution in [2.45, 2.75) is 6.18 Å². The number of amides is 1. The molecule has 0 fully saturated rings. The zero-order valence-corrected chi connectivity index (χ0v) is 11.9. The van der Waals surface area contributed by atoms with Gasteiger partial charge >= 0.3 is 6.18 Å². The van der Waals surface area contributed by atoms with E-state index in [0.717, 1.165) is 12.1 Å². The van der Waals surface area contributed by atoms with Crippen LogP contribution in [0.15, 0.2) is 42.5 Å². The monoisotopic (exact) mass is 333 g/mol. The van der Waals surface area contributed by atoms with Crippen molar-refractivity contribution in [3.05, 3.63) is 63.6 Å². The van der Waals surface area contributed by atoms with E-state index in [1.807, 2.05) is 0 Å². The maximum Gasteiger partial charge on any atom is 0.416 e. The van der Waals surface area contributed by atoms with Gasteiger partial charge in [0, 0.05) is 5.69 Å². The third-order valence-corrected chi connectivity index (χ3v) is 3.49. The van der Waals surface area contributed by atoms with Gasteiger partial charge in [-0.1, -0.05) is 29.3 Å². The van der Waals surface area contributed by atoms with Gasteiger partial charge in [0.1, 0.15) is 0 Å². The van der Waals surface area contributed by atoms with Gasteiger partial charge in [-0.2, -0.15) is 13.2 Å². The van der Waals surface area contributed by atoms with Crippen molar-refractivity contribution in [1.29, 1.82) is 0 Å². The Hall–Kier alpha value is -1.72. The second-order valence-electron chi connectivity index (χ2n) is 4.13. The minimum Gasteiger partial charge on any atom is -0.322 e. The quantitative estimate of drug-likeness (QED) is 0.797. The van der Waals surface area contributed by atoms with Crippen LogP contribution in [0.5, 0.6) is 0 Å². The van der Waals surface area contributed by atoms with E-state index in [0.29, 0.717) is 0 Å². The molecule has 2 nitrogen and oxygen atoms in total. The largest absolute Gasteiger partial charge is 0.416 e. The average Bonchev–Trinajstić information content (AvgIpc) is 2.41. The summed E-state index contributed by atoms with van der Waals surface area (Å²) in [6.07, 6.45) is -4.42. The van der Waals surface area contributed by atoms with E-state index < -0.39 is 17.6 Å². The maximum atomic E-state index is 12.4. The summed E-state index contributed by atoms with van der Waals surface area (Å²) in [7, 11) is 0. The lowest BCUT2D eigenvalue weighted by Gasteiger charge is -2.10. The van der Waals surface area contributed by atoms with Gasteiger partial charge in [-0.3, -0.25) is 4.79 Å². The summed E-state index contributed by atoms with van der Waals surface area (Å²) in [4.78, 5) is 12.0. The van der Waals surface area contributed by atoms with Gasteiger partial charge in [0.05, 0.1) is 21.2 Å². The van der Waals surface area contributed by atoms with Gasteiger partial charge in [0.25, 0.3) is 5.91 Å². The molecule has 0 unspecified atom stereocenters. The summed E-state index contributed by atoms with van der Waals surface area (Å²) < 4.78 is 37.3. The molecular weight excluding hydrogens is 326 g/mol. The lowest BCUT2D eigenvalue weighted by molar-refractivity contribution is -0.137. The molecule has 7 heteroatoms.